The van der Waals surface area contributed by atoms with E-state index in [9.17, 15) is 14.4 Å². The Bertz CT molecular complexity index is 1550. The molecule has 4 N–H and O–H groups in total. The van der Waals surface area contributed by atoms with Crippen molar-refractivity contribution in [1.82, 2.24) is 25.9 Å². The van der Waals surface area contributed by atoms with Gasteiger partial charge in [0, 0.05) is 17.1 Å². The number of likely N-dealkylation sites (N-methyl/N-ethyl adjacent to an activating group) is 1. The van der Waals surface area contributed by atoms with Crippen LogP contribution >= 0.6 is 0 Å². The van der Waals surface area contributed by atoms with Gasteiger partial charge in [0.2, 0.25) is 5.91 Å². The van der Waals surface area contributed by atoms with Crippen molar-refractivity contribution >= 4 is 40.0 Å². The molecule has 1 unspecified atom stereocenters. The molecule has 0 radical (unpaired) electrons. The number of ether oxygens (including phenoxy) is 1. The van der Waals surface area contributed by atoms with E-state index in [0.717, 1.165) is 30.6 Å². The minimum absolute atomic E-state index is 0.0994. The highest BCUT2D eigenvalue weighted by Crippen LogP contribution is 2.39. The van der Waals surface area contributed by atoms with Crippen LogP contribution in [0.3, 0.4) is 0 Å². The third-order valence-corrected chi connectivity index (χ3v) is 8.61. The summed E-state index contributed by atoms with van der Waals surface area (Å²) in [6.45, 7) is 8.00. The number of carbonyl (C=O) groups is 3. The number of hydrogen-bond donors (Lipinski definition) is 4. The molecule has 0 aliphatic carbocycles. The van der Waals surface area contributed by atoms with Crippen LogP contribution in [0.25, 0.3) is 10.9 Å². The number of nitrogens with one attached hydrogen (secondary N) is 4. The van der Waals surface area contributed by atoms with Crippen molar-refractivity contribution in [3.8, 4) is 5.75 Å². The summed E-state index contributed by atoms with van der Waals surface area (Å²) >= 11 is 0. The molecule has 44 heavy (non-hydrogen) atoms. The number of benzene rings is 2. The Labute approximate surface area is 258 Å². The van der Waals surface area contributed by atoms with Crippen LogP contribution in [0.2, 0.25) is 0 Å². The lowest BCUT2D eigenvalue weighted by atomic mass is 9.85. The number of carbonyl (C=O) groups excluding carboxylic acids is 3. The van der Waals surface area contributed by atoms with Gasteiger partial charge in [-0.2, -0.15) is 0 Å². The normalized spacial score (nSPS) is 19.4. The number of fused-ring (bicyclic) bond motifs is 2. The zero-order valence-electron chi connectivity index (χ0n) is 26.4. The first kappa shape index (κ1) is 31.3. The van der Waals surface area contributed by atoms with E-state index in [-0.39, 0.29) is 11.9 Å². The van der Waals surface area contributed by atoms with E-state index in [0.29, 0.717) is 35.3 Å². The number of aryl methyl sites for hydroxylation is 1. The van der Waals surface area contributed by atoms with Gasteiger partial charge in [0.05, 0.1) is 42.1 Å². The molecule has 0 bridgehead atoms. The number of methoxy groups -OCH3 is 1. The molecule has 234 valence electrons. The van der Waals surface area contributed by atoms with Crippen molar-refractivity contribution in [3.05, 3.63) is 54.0 Å². The molecular formula is C33H43N7O4. The van der Waals surface area contributed by atoms with Crippen molar-refractivity contribution in [2.75, 3.05) is 30.9 Å². The summed E-state index contributed by atoms with van der Waals surface area (Å²) in [6.07, 6.45) is 4.65. The Hall–Kier alpha value is -4.09. The van der Waals surface area contributed by atoms with Crippen LogP contribution in [-0.4, -0.2) is 66.5 Å². The first-order valence-corrected chi connectivity index (χ1v) is 15.3. The van der Waals surface area contributed by atoms with Crippen molar-refractivity contribution in [2.24, 2.45) is 5.41 Å². The van der Waals surface area contributed by atoms with E-state index < -0.39 is 35.4 Å². The van der Waals surface area contributed by atoms with Crippen LogP contribution in [-0.2, 0) is 20.8 Å². The summed E-state index contributed by atoms with van der Waals surface area (Å²) in [6, 6.07) is 9.57. The molecule has 3 heterocycles. The quantitative estimate of drug-likeness (QED) is 0.306. The molecule has 2 aliphatic heterocycles. The smallest absolute Gasteiger partial charge is 0.257 e. The maximum atomic E-state index is 14.6. The fourth-order valence-corrected chi connectivity index (χ4v) is 5.93. The largest absolute Gasteiger partial charge is 0.494 e. The SMILES string of the molecule is CN[C@@H](C)C(=O)N[C@H](C(=O)N(C(=O)[C@@H]1CCCN1)c1cc2c(C3CCc4ccccc4N3)ncnc2cc1OC)C(C)(C)C. The predicted octanol–water partition coefficient (Wildman–Crippen LogP) is 3.49. The number of hydrogen-bond acceptors (Lipinski definition) is 9. The lowest BCUT2D eigenvalue weighted by Gasteiger charge is -2.36. The Balaban J connectivity index is 1.63. The first-order chi connectivity index (χ1) is 21.0. The molecule has 2 aliphatic rings. The lowest BCUT2D eigenvalue weighted by Crippen LogP contribution is -2.60. The van der Waals surface area contributed by atoms with Crippen LogP contribution in [0, 0.1) is 5.41 Å². The molecule has 3 amide bonds. The van der Waals surface area contributed by atoms with Crippen molar-refractivity contribution < 1.29 is 19.1 Å². The average molecular weight is 602 g/mol. The summed E-state index contributed by atoms with van der Waals surface area (Å²) in [5, 5.41) is 13.4. The van der Waals surface area contributed by atoms with Gasteiger partial charge < -0.3 is 26.0 Å². The van der Waals surface area contributed by atoms with Gasteiger partial charge in [-0.3, -0.25) is 14.4 Å². The molecule has 2 aromatic carbocycles. The zero-order valence-corrected chi connectivity index (χ0v) is 26.4. The van der Waals surface area contributed by atoms with Gasteiger partial charge in [0.1, 0.15) is 18.1 Å². The highest BCUT2D eigenvalue weighted by molar-refractivity contribution is 6.20. The summed E-state index contributed by atoms with van der Waals surface area (Å²) in [4.78, 5) is 52.3. The summed E-state index contributed by atoms with van der Waals surface area (Å²) in [5.41, 5.74) is 3.30. The number of rotatable bonds is 8. The third kappa shape index (κ3) is 6.25. The molecular weight excluding hydrogens is 558 g/mol. The minimum atomic E-state index is -1.00. The molecule has 1 saturated heterocycles. The fourth-order valence-electron chi connectivity index (χ4n) is 5.93. The topological polar surface area (TPSA) is 138 Å². The second kappa shape index (κ2) is 12.9. The van der Waals surface area contributed by atoms with Crippen LogP contribution < -0.4 is 30.9 Å². The molecule has 0 spiro atoms. The van der Waals surface area contributed by atoms with Gasteiger partial charge in [0.25, 0.3) is 11.8 Å². The zero-order chi connectivity index (χ0) is 31.6. The van der Waals surface area contributed by atoms with E-state index in [1.54, 1.807) is 26.1 Å². The van der Waals surface area contributed by atoms with Crippen molar-refractivity contribution in [2.45, 2.75) is 77.5 Å². The number of aromatic nitrogens is 2. The van der Waals surface area contributed by atoms with Gasteiger partial charge in [-0.05, 0) is 69.3 Å². The highest BCUT2D eigenvalue weighted by Gasteiger charge is 2.42. The fraction of sp³-hybridized carbons (Fsp3) is 0.485. The Morgan fingerprint density at radius 2 is 1.89 bits per heavy atom. The molecule has 1 aromatic heterocycles. The van der Waals surface area contributed by atoms with E-state index in [1.807, 2.05) is 32.9 Å². The number of para-hydroxylation sites is 1. The molecule has 11 nitrogen and oxygen atoms in total. The molecule has 3 aromatic rings. The summed E-state index contributed by atoms with van der Waals surface area (Å²) < 4.78 is 5.79. The van der Waals surface area contributed by atoms with Crippen molar-refractivity contribution in [1.29, 1.82) is 0 Å². The van der Waals surface area contributed by atoms with Crippen LogP contribution in [0.1, 0.15) is 64.3 Å². The number of imide groups is 1. The molecule has 11 heteroatoms. The van der Waals surface area contributed by atoms with Crippen LogP contribution in [0.5, 0.6) is 5.75 Å². The van der Waals surface area contributed by atoms with E-state index >= 15 is 0 Å². The highest BCUT2D eigenvalue weighted by atomic mass is 16.5. The number of amides is 3. The van der Waals surface area contributed by atoms with Crippen LogP contribution in [0.4, 0.5) is 11.4 Å². The number of anilines is 2. The molecule has 1 fully saturated rings. The van der Waals surface area contributed by atoms with E-state index in [4.69, 9.17) is 9.72 Å². The second-order valence-corrected chi connectivity index (χ2v) is 12.7. The Kier molecular flexibility index (Phi) is 9.17. The van der Waals surface area contributed by atoms with E-state index in [1.165, 1.54) is 23.9 Å². The maximum absolute atomic E-state index is 14.6. The number of nitrogens with zero attached hydrogens (tertiary/aromatic N) is 3. The van der Waals surface area contributed by atoms with Gasteiger partial charge in [-0.15, -0.1) is 0 Å². The first-order valence-electron chi connectivity index (χ1n) is 15.3. The van der Waals surface area contributed by atoms with Crippen LogP contribution in [0.15, 0.2) is 42.7 Å². The molecule has 5 rings (SSSR count). The maximum Gasteiger partial charge on any atom is 0.257 e. The van der Waals surface area contributed by atoms with Gasteiger partial charge in [-0.25, -0.2) is 14.9 Å². The third-order valence-electron chi connectivity index (χ3n) is 8.61. The predicted molar refractivity (Wildman–Crippen MR) is 171 cm³/mol. The van der Waals surface area contributed by atoms with Gasteiger partial charge >= 0.3 is 0 Å². The van der Waals surface area contributed by atoms with E-state index in [2.05, 4.69) is 38.4 Å². The Morgan fingerprint density at radius 1 is 1.11 bits per heavy atom. The van der Waals surface area contributed by atoms with Gasteiger partial charge in [-0.1, -0.05) is 39.0 Å². The average Bonchev–Trinajstić information content (AvgIpc) is 3.57. The standard InChI is InChI=1S/C33H43N7O4/c1-19(34-5)30(41)39-29(33(2,3)4)32(43)40(31(42)24-12-9-15-35-24)26-16-21-25(17-27(26)44-6)36-18-37-28(21)23-14-13-20-10-7-8-11-22(20)38-23/h7-8,10-11,16-19,23-24,29,34-35,38H,9,12-15H2,1-6H3,(H,39,41)/t19-,23?,24-,29+/m0/s1. The molecule has 4 atom stereocenters. The summed E-state index contributed by atoms with van der Waals surface area (Å²) in [7, 11) is 3.18. The molecule has 0 saturated carbocycles. The van der Waals surface area contributed by atoms with Gasteiger partial charge in [0.15, 0.2) is 0 Å². The summed E-state index contributed by atoms with van der Waals surface area (Å²) in [5.74, 6) is -0.935. The lowest BCUT2D eigenvalue weighted by molar-refractivity contribution is -0.134. The monoisotopic (exact) mass is 601 g/mol. The Morgan fingerprint density at radius 3 is 2.57 bits per heavy atom. The minimum Gasteiger partial charge on any atom is -0.494 e. The second-order valence-electron chi connectivity index (χ2n) is 12.7. The van der Waals surface area contributed by atoms with Crippen molar-refractivity contribution in [3.63, 3.8) is 0 Å².